The molecular formula is C11H15NO. The number of nitrogens with zero attached hydrogens (tertiary/aromatic N) is 1. The van der Waals surface area contributed by atoms with E-state index < -0.39 is 0 Å². The number of aromatic nitrogens is 1. The van der Waals surface area contributed by atoms with Gasteiger partial charge in [-0.15, -0.1) is 0 Å². The molecule has 1 saturated carbocycles. The Balaban J connectivity index is 2.00. The molecule has 0 N–H and O–H groups in total. The summed E-state index contributed by atoms with van der Waals surface area (Å²) >= 11 is 0. The third kappa shape index (κ3) is 1.67. The fourth-order valence-corrected chi connectivity index (χ4v) is 2.07. The molecule has 0 aromatic carbocycles. The Morgan fingerprint density at radius 3 is 2.62 bits per heavy atom. The molecule has 1 fully saturated rings. The maximum absolute atomic E-state index is 11.6. The number of Topliss-reactive ketones (excluding diaryl/α,β-unsaturated/α-hetero) is 1. The van der Waals surface area contributed by atoms with Crippen molar-refractivity contribution in [1.82, 2.24) is 4.57 Å². The van der Waals surface area contributed by atoms with Crippen LogP contribution in [0.5, 0.6) is 0 Å². The number of rotatable bonds is 2. The third-order valence-electron chi connectivity index (χ3n) is 2.93. The Bertz CT molecular complexity index is 289. The zero-order valence-corrected chi connectivity index (χ0v) is 7.94. The molecular weight excluding hydrogens is 162 g/mol. The van der Waals surface area contributed by atoms with Crippen LogP contribution in [-0.2, 0) is 11.3 Å². The summed E-state index contributed by atoms with van der Waals surface area (Å²) in [6.07, 6.45) is 6.19. The second kappa shape index (κ2) is 3.36. The summed E-state index contributed by atoms with van der Waals surface area (Å²) in [6.45, 7) is 2.91. The van der Waals surface area contributed by atoms with E-state index in [2.05, 4.69) is 4.57 Å². The van der Waals surface area contributed by atoms with Crippen LogP contribution in [0.4, 0.5) is 0 Å². The Labute approximate surface area is 78.6 Å². The van der Waals surface area contributed by atoms with Gasteiger partial charge in [-0.25, -0.2) is 0 Å². The van der Waals surface area contributed by atoms with E-state index in [4.69, 9.17) is 0 Å². The first-order valence-electron chi connectivity index (χ1n) is 4.92. The largest absolute Gasteiger partial charge is 0.354 e. The number of carbonyl (C=O) groups is 1. The van der Waals surface area contributed by atoms with Crippen LogP contribution in [0.2, 0.25) is 0 Å². The van der Waals surface area contributed by atoms with Crippen molar-refractivity contribution >= 4 is 5.78 Å². The standard InChI is InChI=1S/C11H15NO/c1-9-4-5-10(11(9)13)8-12-6-2-3-7-12/h2-3,6-7,9-10H,4-5,8H2,1H3. The Morgan fingerprint density at radius 1 is 1.38 bits per heavy atom. The van der Waals surface area contributed by atoms with Gasteiger partial charge in [-0.05, 0) is 25.0 Å². The molecule has 13 heavy (non-hydrogen) atoms. The van der Waals surface area contributed by atoms with Crippen LogP contribution in [0.1, 0.15) is 19.8 Å². The van der Waals surface area contributed by atoms with Crippen molar-refractivity contribution in [1.29, 1.82) is 0 Å². The molecule has 2 nitrogen and oxygen atoms in total. The quantitative estimate of drug-likeness (QED) is 0.678. The lowest BCUT2D eigenvalue weighted by Gasteiger charge is -2.09. The van der Waals surface area contributed by atoms with E-state index in [9.17, 15) is 4.79 Å². The van der Waals surface area contributed by atoms with Crippen molar-refractivity contribution in [2.24, 2.45) is 11.8 Å². The summed E-state index contributed by atoms with van der Waals surface area (Å²) in [5.41, 5.74) is 0. The molecule has 2 atom stereocenters. The number of hydrogen-bond acceptors (Lipinski definition) is 1. The van der Waals surface area contributed by atoms with Gasteiger partial charge in [0.1, 0.15) is 5.78 Å². The summed E-state index contributed by atoms with van der Waals surface area (Å²) in [6, 6.07) is 4.01. The van der Waals surface area contributed by atoms with Gasteiger partial charge in [0.25, 0.3) is 0 Å². The summed E-state index contributed by atoms with van der Waals surface area (Å²) in [7, 11) is 0. The molecule has 70 valence electrons. The van der Waals surface area contributed by atoms with Crippen LogP contribution in [0.3, 0.4) is 0 Å². The highest BCUT2D eigenvalue weighted by Gasteiger charge is 2.30. The van der Waals surface area contributed by atoms with Crippen LogP contribution in [0.15, 0.2) is 24.5 Å². The van der Waals surface area contributed by atoms with E-state index in [0.29, 0.717) is 11.7 Å². The van der Waals surface area contributed by atoms with Gasteiger partial charge in [0.15, 0.2) is 0 Å². The maximum atomic E-state index is 11.6. The molecule has 0 amide bonds. The first-order chi connectivity index (χ1) is 6.27. The Morgan fingerprint density at radius 2 is 2.08 bits per heavy atom. The number of ketones is 1. The van der Waals surface area contributed by atoms with Gasteiger partial charge in [-0.2, -0.15) is 0 Å². The molecule has 0 aliphatic heterocycles. The van der Waals surface area contributed by atoms with Crippen LogP contribution in [-0.4, -0.2) is 10.4 Å². The number of hydrogen-bond donors (Lipinski definition) is 0. The topological polar surface area (TPSA) is 22.0 Å². The highest BCUT2D eigenvalue weighted by Crippen LogP contribution is 2.27. The van der Waals surface area contributed by atoms with E-state index in [1.54, 1.807) is 0 Å². The van der Waals surface area contributed by atoms with Gasteiger partial charge in [0.2, 0.25) is 0 Å². The Kier molecular flexibility index (Phi) is 2.21. The van der Waals surface area contributed by atoms with Gasteiger partial charge < -0.3 is 4.57 Å². The SMILES string of the molecule is CC1CCC(Cn2cccc2)C1=O. The fraction of sp³-hybridized carbons (Fsp3) is 0.545. The van der Waals surface area contributed by atoms with Crippen molar-refractivity contribution in [3.63, 3.8) is 0 Å². The molecule has 0 saturated heterocycles. The molecule has 1 aliphatic rings. The molecule has 1 aromatic heterocycles. The maximum Gasteiger partial charge on any atom is 0.140 e. The van der Waals surface area contributed by atoms with Crippen LogP contribution in [0, 0.1) is 11.8 Å². The van der Waals surface area contributed by atoms with Crippen LogP contribution < -0.4 is 0 Å². The van der Waals surface area contributed by atoms with E-state index in [-0.39, 0.29) is 5.92 Å². The molecule has 2 unspecified atom stereocenters. The van der Waals surface area contributed by atoms with E-state index in [1.165, 1.54) is 0 Å². The highest BCUT2D eigenvalue weighted by molar-refractivity contribution is 5.84. The van der Waals surface area contributed by atoms with Crippen LogP contribution >= 0.6 is 0 Å². The lowest BCUT2D eigenvalue weighted by Crippen LogP contribution is -2.16. The second-order valence-electron chi connectivity index (χ2n) is 3.96. The average molecular weight is 177 g/mol. The summed E-state index contributed by atoms with van der Waals surface area (Å²) in [4.78, 5) is 11.6. The van der Waals surface area contributed by atoms with Gasteiger partial charge in [-0.1, -0.05) is 6.92 Å². The van der Waals surface area contributed by atoms with Crippen molar-refractivity contribution in [2.75, 3.05) is 0 Å². The van der Waals surface area contributed by atoms with Crippen molar-refractivity contribution < 1.29 is 4.79 Å². The molecule has 0 radical (unpaired) electrons. The fourth-order valence-electron chi connectivity index (χ4n) is 2.07. The molecule has 1 aromatic rings. The molecule has 2 rings (SSSR count). The van der Waals surface area contributed by atoms with Crippen LogP contribution in [0.25, 0.3) is 0 Å². The second-order valence-corrected chi connectivity index (χ2v) is 3.96. The Hall–Kier alpha value is -1.05. The molecule has 2 heteroatoms. The van der Waals surface area contributed by atoms with E-state index >= 15 is 0 Å². The monoisotopic (exact) mass is 177 g/mol. The predicted molar refractivity (Wildman–Crippen MR) is 51.3 cm³/mol. The van der Waals surface area contributed by atoms with Gasteiger partial charge >= 0.3 is 0 Å². The highest BCUT2D eigenvalue weighted by atomic mass is 16.1. The first-order valence-corrected chi connectivity index (χ1v) is 4.92. The summed E-state index contributed by atoms with van der Waals surface area (Å²) < 4.78 is 2.10. The number of carbonyl (C=O) groups excluding carboxylic acids is 1. The van der Waals surface area contributed by atoms with Gasteiger partial charge in [0.05, 0.1) is 0 Å². The minimum Gasteiger partial charge on any atom is -0.354 e. The van der Waals surface area contributed by atoms with Crippen molar-refractivity contribution in [3.05, 3.63) is 24.5 Å². The summed E-state index contributed by atoms with van der Waals surface area (Å²) in [5.74, 6) is 1.01. The third-order valence-corrected chi connectivity index (χ3v) is 2.93. The molecule has 0 bridgehead atoms. The molecule has 1 aliphatic carbocycles. The van der Waals surface area contributed by atoms with Crippen molar-refractivity contribution in [3.8, 4) is 0 Å². The average Bonchev–Trinajstić information content (AvgIpc) is 2.71. The molecule has 1 heterocycles. The lowest BCUT2D eigenvalue weighted by molar-refractivity contribution is -0.123. The summed E-state index contributed by atoms with van der Waals surface area (Å²) in [5, 5.41) is 0. The van der Waals surface area contributed by atoms with Crippen molar-refractivity contribution in [2.45, 2.75) is 26.3 Å². The zero-order chi connectivity index (χ0) is 9.26. The normalized spacial score (nSPS) is 28.2. The zero-order valence-electron chi connectivity index (χ0n) is 7.94. The van der Waals surface area contributed by atoms with Gasteiger partial charge in [-0.3, -0.25) is 4.79 Å². The minimum absolute atomic E-state index is 0.266. The van der Waals surface area contributed by atoms with E-state index in [1.807, 2.05) is 31.5 Å². The predicted octanol–water partition coefficient (Wildman–Crippen LogP) is 2.10. The first kappa shape index (κ1) is 8.54. The van der Waals surface area contributed by atoms with E-state index in [0.717, 1.165) is 19.4 Å². The lowest BCUT2D eigenvalue weighted by atomic mass is 10.0. The molecule has 0 spiro atoms. The smallest absolute Gasteiger partial charge is 0.140 e. The minimum atomic E-state index is 0.266. The van der Waals surface area contributed by atoms with Gasteiger partial charge in [0, 0.05) is 30.8 Å².